The van der Waals surface area contributed by atoms with Gasteiger partial charge in [-0.15, -0.1) is 0 Å². The molecule has 0 aromatic heterocycles. The molecule has 0 bridgehead atoms. The van der Waals surface area contributed by atoms with E-state index in [9.17, 15) is 43.2 Å². The Kier molecular flexibility index (Phi) is 62.2. The number of aliphatic hydroxyl groups excluding tert-OH is 1. The van der Waals surface area contributed by atoms with Crippen LogP contribution in [0.1, 0.15) is 370 Å². The van der Waals surface area contributed by atoms with E-state index in [1.165, 1.54) is 161 Å². The largest absolute Gasteiger partial charge is 0.472 e. The summed E-state index contributed by atoms with van der Waals surface area (Å²) in [6.45, 7) is 14.1. The molecule has 0 heterocycles. The number of esters is 4. The molecule has 17 nitrogen and oxygen atoms in total. The van der Waals surface area contributed by atoms with E-state index in [2.05, 4.69) is 55.4 Å². The smallest absolute Gasteiger partial charge is 0.462 e. The van der Waals surface area contributed by atoms with Crippen LogP contribution in [0.2, 0.25) is 0 Å². The highest BCUT2D eigenvalue weighted by molar-refractivity contribution is 7.47. The second kappa shape index (κ2) is 63.5. The van der Waals surface area contributed by atoms with Gasteiger partial charge < -0.3 is 33.8 Å². The number of phosphoric acid groups is 2. The van der Waals surface area contributed by atoms with E-state index in [4.69, 9.17) is 37.0 Å². The van der Waals surface area contributed by atoms with Gasteiger partial charge in [0.25, 0.3) is 0 Å². The highest BCUT2D eigenvalue weighted by Crippen LogP contribution is 2.45. The lowest BCUT2D eigenvalue weighted by Gasteiger charge is -2.21. The van der Waals surface area contributed by atoms with Crippen LogP contribution < -0.4 is 0 Å². The van der Waals surface area contributed by atoms with Crippen molar-refractivity contribution in [1.29, 1.82) is 0 Å². The predicted molar refractivity (Wildman–Crippen MR) is 377 cm³/mol. The highest BCUT2D eigenvalue weighted by Gasteiger charge is 2.30. The van der Waals surface area contributed by atoms with Crippen LogP contribution in [0, 0.1) is 23.7 Å². The minimum atomic E-state index is -4.95. The Balaban J connectivity index is 5.18. The van der Waals surface area contributed by atoms with Gasteiger partial charge in [-0.3, -0.25) is 37.3 Å². The Bertz CT molecular complexity index is 1840. The number of unbranched alkanes of at least 4 members (excludes halogenated alkanes) is 36. The Labute approximate surface area is 568 Å². The number of hydrogen-bond acceptors (Lipinski definition) is 15. The molecule has 552 valence electrons. The van der Waals surface area contributed by atoms with Gasteiger partial charge >= 0.3 is 39.5 Å². The van der Waals surface area contributed by atoms with Gasteiger partial charge in [0, 0.05) is 25.7 Å². The maximum absolute atomic E-state index is 13.0. The Morgan fingerprint density at radius 2 is 0.516 bits per heavy atom. The molecule has 0 aliphatic carbocycles. The summed E-state index contributed by atoms with van der Waals surface area (Å²) >= 11 is 0. The van der Waals surface area contributed by atoms with Gasteiger partial charge in [-0.1, -0.05) is 319 Å². The Morgan fingerprint density at radius 3 is 0.763 bits per heavy atom. The molecule has 0 amide bonds. The number of hydrogen-bond donors (Lipinski definition) is 3. The fourth-order valence-corrected chi connectivity index (χ4v) is 12.7. The van der Waals surface area contributed by atoms with Crippen LogP contribution in [0.15, 0.2) is 0 Å². The zero-order valence-electron chi connectivity index (χ0n) is 60.9. The molecule has 0 rings (SSSR count). The second-order valence-corrected chi connectivity index (χ2v) is 31.3. The lowest BCUT2D eigenvalue weighted by atomic mass is 10.00. The number of rotatable bonds is 71. The number of carbonyl (C=O) groups excluding carboxylic acids is 4. The quantitative estimate of drug-likeness (QED) is 0.0222. The molecule has 0 saturated heterocycles. The molecule has 0 aromatic rings. The zero-order chi connectivity index (χ0) is 68.9. The molecule has 0 aromatic carbocycles. The van der Waals surface area contributed by atoms with Gasteiger partial charge in [0.2, 0.25) is 0 Å². The van der Waals surface area contributed by atoms with E-state index in [1.54, 1.807) is 0 Å². The first-order valence-electron chi connectivity index (χ1n) is 38.2. The minimum Gasteiger partial charge on any atom is -0.462 e. The number of carbonyl (C=O) groups is 4. The number of ether oxygens (including phenoxy) is 4. The normalized spacial score (nSPS) is 14.5. The van der Waals surface area contributed by atoms with Crippen molar-refractivity contribution in [2.24, 2.45) is 23.7 Å². The van der Waals surface area contributed by atoms with Gasteiger partial charge in [-0.2, -0.15) is 0 Å². The van der Waals surface area contributed by atoms with Crippen LogP contribution in [-0.4, -0.2) is 96.7 Å². The van der Waals surface area contributed by atoms with Crippen LogP contribution >= 0.6 is 15.6 Å². The van der Waals surface area contributed by atoms with E-state index < -0.39 is 97.5 Å². The van der Waals surface area contributed by atoms with Crippen LogP contribution in [0.3, 0.4) is 0 Å². The van der Waals surface area contributed by atoms with E-state index >= 15 is 0 Å². The summed E-state index contributed by atoms with van der Waals surface area (Å²) in [7, 11) is -9.91. The lowest BCUT2D eigenvalue weighted by molar-refractivity contribution is -0.161. The first-order valence-corrected chi connectivity index (χ1v) is 41.2. The molecule has 0 spiro atoms. The lowest BCUT2D eigenvalue weighted by Crippen LogP contribution is -2.30. The summed E-state index contributed by atoms with van der Waals surface area (Å²) in [5, 5.41) is 10.6. The third-order valence-electron chi connectivity index (χ3n) is 17.4. The third kappa shape index (κ3) is 67.0. The first-order chi connectivity index (χ1) is 44.6. The molecular weight excluding hydrogens is 1220 g/mol. The van der Waals surface area contributed by atoms with Gasteiger partial charge in [0.1, 0.15) is 19.3 Å². The average Bonchev–Trinajstić information content (AvgIpc) is 1.95. The monoisotopic (exact) mass is 1370 g/mol. The molecule has 93 heavy (non-hydrogen) atoms. The Morgan fingerprint density at radius 1 is 0.301 bits per heavy atom. The average molecular weight is 1370 g/mol. The highest BCUT2D eigenvalue weighted by atomic mass is 31.2. The fraction of sp³-hybridized carbons (Fsp3) is 0.946. The summed E-state index contributed by atoms with van der Waals surface area (Å²) in [5.74, 6) is 0.865. The van der Waals surface area contributed by atoms with Crippen molar-refractivity contribution >= 4 is 39.5 Å². The van der Waals surface area contributed by atoms with Crippen molar-refractivity contribution in [2.75, 3.05) is 39.6 Å². The number of aliphatic hydroxyl groups is 1. The molecule has 0 aliphatic rings. The maximum Gasteiger partial charge on any atom is 0.472 e. The van der Waals surface area contributed by atoms with Crippen molar-refractivity contribution in [3.8, 4) is 0 Å². The molecule has 0 aliphatic heterocycles. The van der Waals surface area contributed by atoms with Crippen molar-refractivity contribution in [3.63, 3.8) is 0 Å². The van der Waals surface area contributed by atoms with E-state index in [1.807, 2.05) is 0 Å². The fourth-order valence-electron chi connectivity index (χ4n) is 11.2. The van der Waals surface area contributed by atoms with Crippen LogP contribution in [-0.2, 0) is 65.4 Å². The van der Waals surface area contributed by atoms with Gasteiger partial charge in [0.05, 0.1) is 26.4 Å². The minimum absolute atomic E-state index is 0.104. The number of phosphoric ester groups is 2. The standard InChI is InChI=1S/C74H144O17P2/c1-9-67(8)53-45-37-32-33-39-47-55-72(77)85-61-70(91-74(79)57-49-41-30-24-20-22-27-35-43-51-65(4)5)63-89-93(82,83)87-59-68(75)58-86-92(80,81)88-62-69(60-84-71(76)54-46-38-31-25-28-36-44-52-66(6)7)90-73(78)56-48-40-29-23-19-17-15-13-11-10-12-14-16-18-21-26-34-42-50-64(2)3/h64-70,75H,9-63H2,1-8H3,(H,80,81)(H,82,83)/t67?,68-,69-,70-/m1/s1. The van der Waals surface area contributed by atoms with E-state index in [0.29, 0.717) is 31.6 Å². The predicted octanol–water partition coefficient (Wildman–Crippen LogP) is 21.3. The summed E-state index contributed by atoms with van der Waals surface area (Å²) < 4.78 is 68.4. The Hall–Kier alpha value is -1.94. The van der Waals surface area contributed by atoms with Crippen LogP contribution in [0.5, 0.6) is 0 Å². The molecule has 0 saturated carbocycles. The molecule has 6 atom stereocenters. The summed E-state index contributed by atoms with van der Waals surface area (Å²) in [4.78, 5) is 72.6. The van der Waals surface area contributed by atoms with Crippen molar-refractivity contribution in [3.05, 3.63) is 0 Å². The van der Waals surface area contributed by atoms with Crippen LogP contribution in [0.25, 0.3) is 0 Å². The molecule has 0 radical (unpaired) electrons. The van der Waals surface area contributed by atoms with Gasteiger partial charge in [0.15, 0.2) is 12.2 Å². The summed E-state index contributed by atoms with van der Waals surface area (Å²) in [5.41, 5.74) is 0. The van der Waals surface area contributed by atoms with Crippen molar-refractivity contribution in [2.45, 2.75) is 388 Å². The maximum atomic E-state index is 13.0. The van der Waals surface area contributed by atoms with Crippen LogP contribution in [0.4, 0.5) is 0 Å². The summed E-state index contributed by atoms with van der Waals surface area (Å²) in [6.07, 6.45) is 47.5. The van der Waals surface area contributed by atoms with E-state index in [-0.39, 0.29) is 25.7 Å². The molecule has 3 N–H and O–H groups in total. The first kappa shape index (κ1) is 91.1. The molecular formula is C74H144O17P2. The molecule has 3 unspecified atom stereocenters. The zero-order valence-corrected chi connectivity index (χ0v) is 62.7. The van der Waals surface area contributed by atoms with Gasteiger partial charge in [-0.25, -0.2) is 9.13 Å². The van der Waals surface area contributed by atoms with Gasteiger partial charge in [-0.05, 0) is 49.4 Å². The third-order valence-corrected chi connectivity index (χ3v) is 19.3. The molecule has 19 heteroatoms. The topological polar surface area (TPSA) is 237 Å². The van der Waals surface area contributed by atoms with Crippen molar-refractivity contribution < 1.29 is 80.2 Å². The second-order valence-electron chi connectivity index (χ2n) is 28.4. The van der Waals surface area contributed by atoms with Crippen molar-refractivity contribution in [1.82, 2.24) is 0 Å². The summed E-state index contributed by atoms with van der Waals surface area (Å²) in [6, 6.07) is 0. The molecule has 0 fully saturated rings. The SMILES string of the molecule is CCC(C)CCCCCCCCC(=O)OC[C@H](COP(=O)(O)OC[C@H](O)COP(=O)(O)OC[C@@H](COC(=O)CCCCCCCCCC(C)C)OC(=O)CCCCCCCCCCCCCCCCCCCCC(C)C)OC(=O)CCCCCCCCCCCC(C)C. The van der Waals surface area contributed by atoms with E-state index in [0.717, 1.165) is 120 Å².